The topological polar surface area (TPSA) is 86.9 Å². The maximum absolute atomic E-state index is 13.1. The minimum atomic E-state index is -4.82. The Morgan fingerprint density at radius 2 is 1.76 bits per heavy atom. The maximum Gasteiger partial charge on any atom is 0.573 e. The molecule has 4 fully saturated rings. The molecular weight excluding hydrogens is 551 g/mol. The average Bonchev–Trinajstić information content (AvgIpc) is 3.91. The molecule has 7 rings (SSSR count). The van der Waals surface area contributed by atoms with E-state index in [-0.39, 0.29) is 48.0 Å². The Labute approximate surface area is 241 Å². The monoisotopic (exact) mass is 583 g/mol. The van der Waals surface area contributed by atoms with Crippen LogP contribution in [0.1, 0.15) is 90.4 Å². The number of hydrogen-bond donors (Lipinski definition) is 0. The molecule has 2 saturated carbocycles. The zero-order chi connectivity index (χ0) is 29.0. The van der Waals surface area contributed by atoms with E-state index in [0.29, 0.717) is 28.5 Å². The largest absolute Gasteiger partial charge is 0.573 e. The number of hydrogen-bond acceptors (Lipinski definition) is 8. The summed E-state index contributed by atoms with van der Waals surface area (Å²) in [7, 11) is 1.38. The predicted molar refractivity (Wildman–Crippen MR) is 145 cm³/mol. The quantitative estimate of drug-likeness (QED) is 0.252. The second kappa shape index (κ2) is 10.6. The molecular formula is C31H32F3N3O5. The number of carbonyl (C=O) groups excluding carboxylic acids is 1. The van der Waals surface area contributed by atoms with Crippen LogP contribution >= 0.6 is 0 Å². The Morgan fingerprint density at radius 3 is 2.43 bits per heavy atom. The standard InChI is InChI=1S/C31H32F3N3O5/c1-39-30(38)19-12-24(17-6-7-17)29(35-15-19)37-20-10-11-21(37)14-22(13-20)40-16-25-27(36-42-28(25)18-8-9-18)23-4-2-3-5-26(23)41-31(32,33)34/h2-5,12,15,17-18,20-22H,6-11,13-14,16H2,1H3/t20-,21+,22-. The summed E-state index contributed by atoms with van der Waals surface area (Å²) in [6.45, 7) is 0.203. The number of ether oxygens (including phenoxy) is 3. The highest BCUT2D eigenvalue weighted by Crippen LogP contribution is 2.49. The van der Waals surface area contributed by atoms with Gasteiger partial charge in [0.25, 0.3) is 0 Å². The lowest BCUT2D eigenvalue weighted by Crippen LogP contribution is -2.46. The van der Waals surface area contributed by atoms with Crippen molar-refractivity contribution < 1.29 is 36.7 Å². The molecule has 3 atom stereocenters. The van der Waals surface area contributed by atoms with Crippen molar-refractivity contribution >= 4 is 11.8 Å². The number of alkyl halides is 3. The van der Waals surface area contributed by atoms with Crippen LogP contribution in [0.25, 0.3) is 11.3 Å². The van der Waals surface area contributed by atoms with Crippen LogP contribution in [0.15, 0.2) is 41.1 Å². The van der Waals surface area contributed by atoms with Crippen LogP contribution in [-0.4, -0.2) is 47.8 Å². The van der Waals surface area contributed by atoms with Crippen molar-refractivity contribution in [2.24, 2.45) is 0 Å². The lowest BCUT2D eigenvalue weighted by atomic mass is 9.97. The van der Waals surface area contributed by atoms with Gasteiger partial charge >= 0.3 is 12.3 Å². The summed E-state index contributed by atoms with van der Waals surface area (Å²) in [4.78, 5) is 19.4. The van der Waals surface area contributed by atoms with E-state index in [2.05, 4.69) is 14.8 Å². The number of halogens is 3. The first-order chi connectivity index (χ1) is 20.3. The number of benzene rings is 1. The third kappa shape index (κ3) is 5.34. The first-order valence-electron chi connectivity index (χ1n) is 14.6. The number of aromatic nitrogens is 2. The fourth-order valence-corrected chi connectivity index (χ4v) is 6.64. The molecule has 2 aliphatic carbocycles. The van der Waals surface area contributed by atoms with Crippen LogP contribution in [0.5, 0.6) is 5.75 Å². The molecule has 0 radical (unpaired) electrons. The zero-order valence-corrected chi connectivity index (χ0v) is 23.2. The van der Waals surface area contributed by atoms with Gasteiger partial charge in [-0.3, -0.25) is 0 Å². The molecule has 11 heteroatoms. The highest BCUT2D eigenvalue weighted by Gasteiger charge is 2.44. The molecule has 2 saturated heterocycles. The number of methoxy groups -OCH3 is 1. The molecule has 0 spiro atoms. The van der Waals surface area contributed by atoms with Gasteiger partial charge in [0.05, 0.1) is 25.4 Å². The SMILES string of the molecule is COC(=O)c1cnc(N2[C@@H]3CC[C@H]2C[C@H](OCc2c(-c4ccccc4OC(F)(F)F)noc2C2CC2)C3)c(C2CC2)c1. The number of para-hydroxylation sites is 1. The molecule has 3 aromatic rings. The Morgan fingerprint density at radius 1 is 1.05 bits per heavy atom. The normalized spacial score (nSPS) is 23.7. The maximum atomic E-state index is 13.1. The van der Waals surface area contributed by atoms with Crippen LogP contribution in [0.3, 0.4) is 0 Å². The van der Waals surface area contributed by atoms with Crippen molar-refractivity contribution in [1.82, 2.24) is 10.1 Å². The van der Waals surface area contributed by atoms with Gasteiger partial charge in [0.1, 0.15) is 23.0 Å². The van der Waals surface area contributed by atoms with Gasteiger partial charge in [0.2, 0.25) is 0 Å². The van der Waals surface area contributed by atoms with Crippen LogP contribution in [0, 0.1) is 0 Å². The molecule has 2 bridgehead atoms. The zero-order valence-electron chi connectivity index (χ0n) is 23.2. The number of rotatable bonds is 9. The van der Waals surface area contributed by atoms with Crippen molar-refractivity contribution in [3.8, 4) is 17.0 Å². The van der Waals surface area contributed by atoms with Gasteiger partial charge in [-0.05, 0) is 81.0 Å². The molecule has 0 amide bonds. The number of nitrogens with zero attached hydrogens (tertiary/aromatic N) is 3. The average molecular weight is 584 g/mol. The van der Waals surface area contributed by atoms with Gasteiger partial charge in [-0.2, -0.15) is 0 Å². The van der Waals surface area contributed by atoms with E-state index in [4.69, 9.17) is 19.0 Å². The van der Waals surface area contributed by atoms with Crippen molar-refractivity contribution in [2.75, 3.05) is 12.0 Å². The Balaban J connectivity index is 1.10. The summed E-state index contributed by atoms with van der Waals surface area (Å²) >= 11 is 0. The molecule has 0 unspecified atom stereocenters. The number of fused-ring (bicyclic) bond motifs is 2. The molecule has 2 aromatic heterocycles. The first-order valence-corrected chi connectivity index (χ1v) is 14.6. The van der Waals surface area contributed by atoms with Crippen LogP contribution in [-0.2, 0) is 16.1 Å². The van der Waals surface area contributed by atoms with Crippen molar-refractivity contribution in [3.05, 3.63) is 59.0 Å². The van der Waals surface area contributed by atoms with E-state index in [1.54, 1.807) is 18.3 Å². The summed E-state index contributed by atoms with van der Waals surface area (Å²) in [6, 6.07) is 8.47. The summed E-state index contributed by atoms with van der Waals surface area (Å²) in [5.74, 6) is 1.59. The highest BCUT2D eigenvalue weighted by atomic mass is 19.4. The number of anilines is 1. The van der Waals surface area contributed by atoms with E-state index in [9.17, 15) is 18.0 Å². The molecule has 0 N–H and O–H groups in total. The number of esters is 1. The van der Waals surface area contributed by atoms with Crippen LogP contribution in [0.2, 0.25) is 0 Å². The molecule has 4 aliphatic rings. The van der Waals surface area contributed by atoms with Gasteiger partial charge in [0.15, 0.2) is 0 Å². The molecule has 1 aromatic carbocycles. The van der Waals surface area contributed by atoms with Gasteiger partial charge < -0.3 is 23.6 Å². The van der Waals surface area contributed by atoms with E-state index in [1.807, 2.05) is 6.07 Å². The third-order valence-electron chi connectivity index (χ3n) is 8.87. The van der Waals surface area contributed by atoms with E-state index in [1.165, 1.54) is 19.2 Å². The Hall–Kier alpha value is -3.60. The third-order valence-corrected chi connectivity index (χ3v) is 8.87. The van der Waals surface area contributed by atoms with E-state index < -0.39 is 6.36 Å². The fourth-order valence-electron chi connectivity index (χ4n) is 6.64. The lowest BCUT2D eigenvalue weighted by molar-refractivity contribution is -0.274. The van der Waals surface area contributed by atoms with Gasteiger partial charge in [-0.1, -0.05) is 17.3 Å². The van der Waals surface area contributed by atoms with E-state index >= 15 is 0 Å². The Bertz CT molecular complexity index is 1470. The van der Waals surface area contributed by atoms with Crippen LogP contribution < -0.4 is 9.64 Å². The fraction of sp³-hybridized carbons (Fsp3) is 0.516. The van der Waals surface area contributed by atoms with Gasteiger partial charge in [0, 0.05) is 35.3 Å². The van der Waals surface area contributed by atoms with Gasteiger partial charge in [-0.25, -0.2) is 9.78 Å². The first kappa shape index (κ1) is 27.2. The molecule has 4 heterocycles. The lowest BCUT2D eigenvalue weighted by Gasteiger charge is -2.40. The van der Waals surface area contributed by atoms with Crippen molar-refractivity contribution in [1.29, 1.82) is 0 Å². The molecule has 222 valence electrons. The molecule has 42 heavy (non-hydrogen) atoms. The summed E-state index contributed by atoms with van der Waals surface area (Å²) < 4.78 is 60.8. The highest BCUT2D eigenvalue weighted by molar-refractivity contribution is 5.89. The molecule has 2 aliphatic heterocycles. The number of pyridine rings is 1. The summed E-state index contributed by atoms with van der Waals surface area (Å²) in [6.07, 6.45) is 4.56. The van der Waals surface area contributed by atoms with Crippen molar-refractivity contribution in [3.63, 3.8) is 0 Å². The van der Waals surface area contributed by atoms with Gasteiger partial charge in [-0.15, -0.1) is 13.2 Å². The summed E-state index contributed by atoms with van der Waals surface area (Å²) in [5, 5.41) is 4.20. The van der Waals surface area contributed by atoms with E-state index in [0.717, 1.165) is 62.7 Å². The minimum Gasteiger partial charge on any atom is -0.465 e. The Kier molecular flexibility index (Phi) is 6.87. The summed E-state index contributed by atoms with van der Waals surface area (Å²) in [5.41, 5.74) is 2.86. The second-order valence-electron chi connectivity index (χ2n) is 11.8. The smallest absolute Gasteiger partial charge is 0.465 e. The second-order valence-corrected chi connectivity index (χ2v) is 11.8. The van der Waals surface area contributed by atoms with Crippen molar-refractivity contribution in [2.45, 2.75) is 94.4 Å². The predicted octanol–water partition coefficient (Wildman–Crippen LogP) is 6.89. The minimum absolute atomic E-state index is 0.0195. The van der Waals surface area contributed by atoms with Crippen LogP contribution in [0.4, 0.5) is 19.0 Å². The molecule has 8 nitrogen and oxygen atoms in total. The number of piperidine rings is 1. The number of carbonyl (C=O) groups is 1.